The Morgan fingerprint density at radius 2 is 2.09 bits per heavy atom. The van der Waals surface area contributed by atoms with E-state index in [1.54, 1.807) is 54.1 Å². The fourth-order valence-corrected chi connectivity index (χ4v) is 2.42. The van der Waals surface area contributed by atoms with Crippen molar-refractivity contribution in [2.45, 2.75) is 0 Å². The van der Waals surface area contributed by atoms with Crippen LogP contribution in [-0.2, 0) is 0 Å². The van der Waals surface area contributed by atoms with E-state index in [0.717, 1.165) is 5.52 Å². The van der Waals surface area contributed by atoms with Gasteiger partial charge in [0.2, 0.25) is 5.78 Å². The number of benzene rings is 1. The van der Waals surface area contributed by atoms with Crippen molar-refractivity contribution in [1.82, 2.24) is 4.40 Å². The molecular formula is C17H13N3O2. The zero-order valence-corrected chi connectivity index (χ0v) is 11.9. The summed E-state index contributed by atoms with van der Waals surface area (Å²) in [5.74, 6) is 0.333. The summed E-state index contributed by atoms with van der Waals surface area (Å²) in [5, 5.41) is 9.20. The monoisotopic (exact) mass is 291 g/mol. The number of rotatable bonds is 3. The van der Waals surface area contributed by atoms with Crippen LogP contribution in [0, 0.1) is 11.3 Å². The van der Waals surface area contributed by atoms with Crippen LogP contribution in [0.25, 0.3) is 5.52 Å². The van der Waals surface area contributed by atoms with Crippen molar-refractivity contribution in [2.24, 2.45) is 0 Å². The molecule has 0 aliphatic rings. The summed E-state index contributed by atoms with van der Waals surface area (Å²) in [4.78, 5) is 12.8. The first-order chi connectivity index (χ1) is 10.7. The molecule has 0 aliphatic heterocycles. The topological polar surface area (TPSA) is 80.5 Å². The van der Waals surface area contributed by atoms with E-state index in [1.807, 2.05) is 12.1 Å². The van der Waals surface area contributed by atoms with Crippen LogP contribution in [0.3, 0.4) is 0 Å². The number of aromatic nitrogens is 1. The normalized spacial score (nSPS) is 10.4. The first-order valence-electron chi connectivity index (χ1n) is 6.64. The molecule has 0 unspecified atom stereocenters. The summed E-state index contributed by atoms with van der Waals surface area (Å²) < 4.78 is 6.84. The number of fused-ring (bicyclic) bond motifs is 1. The standard InChI is InChI=1S/C17H13N3O2/c1-22-14-6-2-4-11(9-14)17(21)16-15(19)12(10-18)8-13-5-3-7-20(13)16/h2-9H,19H2,1H3. The summed E-state index contributed by atoms with van der Waals surface area (Å²) in [6, 6.07) is 14.2. The molecule has 108 valence electrons. The maximum atomic E-state index is 12.8. The van der Waals surface area contributed by atoms with Gasteiger partial charge in [-0.25, -0.2) is 0 Å². The van der Waals surface area contributed by atoms with Gasteiger partial charge in [-0.05, 0) is 30.3 Å². The zero-order chi connectivity index (χ0) is 15.7. The van der Waals surface area contributed by atoms with Crippen molar-refractivity contribution in [3.63, 3.8) is 0 Å². The van der Waals surface area contributed by atoms with Gasteiger partial charge >= 0.3 is 0 Å². The second-order valence-corrected chi connectivity index (χ2v) is 4.80. The third kappa shape index (κ3) is 2.07. The average molecular weight is 291 g/mol. The number of ether oxygens (including phenoxy) is 1. The van der Waals surface area contributed by atoms with Gasteiger partial charge in [-0.2, -0.15) is 5.26 Å². The Hall–Kier alpha value is -3.26. The van der Waals surface area contributed by atoms with Crippen molar-refractivity contribution in [1.29, 1.82) is 5.26 Å². The number of anilines is 1. The predicted molar refractivity (Wildman–Crippen MR) is 83.0 cm³/mol. The van der Waals surface area contributed by atoms with Crippen molar-refractivity contribution in [3.8, 4) is 11.8 Å². The minimum absolute atomic E-state index is 0.180. The molecule has 22 heavy (non-hydrogen) atoms. The molecule has 3 aromatic rings. The highest BCUT2D eigenvalue weighted by molar-refractivity contribution is 6.12. The second kappa shape index (κ2) is 5.26. The van der Waals surface area contributed by atoms with Crippen LogP contribution in [0.1, 0.15) is 21.6 Å². The van der Waals surface area contributed by atoms with Gasteiger partial charge in [-0.15, -0.1) is 0 Å². The van der Waals surface area contributed by atoms with Gasteiger partial charge in [0.1, 0.15) is 17.5 Å². The number of ketones is 1. The number of carbonyl (C=O) groups excluding carboxylic acids is 1. The number of hydrogen-bond acceptors (Lipinski definition) is 4. The van der Waals surface area contributed by atoms with Crippen molar-refractivity contribution >= 4 is 17.0 Å². The fourth-order valence-electron chi connectivity index (χ4n) is 2.42. The minimum Gasteiger partial charge on any atom is -0.497 e. The van der Waals surface area contributed by atoms with Crippen molar-refractivity contribution in [2.75, 3.05) is 12.8 Å². The molecular weight excluding hydrogens is 278 g/mol. The van der Waals surface area contributed by atoms with Crippen LogP contribution in [0.5, 0.6) is 5.75 Å². The van der Waals surface area contributed by atoms with Gasteiger partial charge in [0.25, 0.3) is 0 Å². The minimum atomic E-state index is -0.255. The van der Waals surface area contributed by atoms with Crippen molar-refractivity contribution in [3.05, 3.63) is 65.5 Å². The van der Waals surface area contributed by atoms with Crippen LogP contribution in [0.2, 0.25) is 0 Å². The second-order valence-electron chi connectivity index (χ2n) is 4.80. The smallest absolute Gasteiger partial charge is 0.212 e. The zero-order valence-electron chi connectivity index (χ0n) is 11.9. The van der Waals surface area contributed by atoms with Gasteiger partial charge in [-0.3, -0.25) is 4.79 Å². The molecule has 2 heterocycles. The van der Waals surface area contributed by atoms with Crippen LogP contribution in [0.4, 0.5) is 5.69 Å². The molecule has 5 heteroatoms. The van der Waals surface area contributed by atoms with Crippen LogP contribution < -0.4 is 10.5 Å². The number of methoxy groups -OCH3 is 1. The Morgan fingerprint density at radius 3 is 2.82 bits per heavy atom. The van der Waals surface area contributed by atoms with Gasteiger partial charge in [0.05, 0.1) is 18.4 Å². The fraction of sp³-hybridized carbons (Fsp3) is 0.0588. The third-order valence-corrected chi connectivity index (χ3v) is 3.53. The molecule has 0 saturated carbocycles. The Morgan fingerprint density at radius 1 is 1.27 bits per heavy atom. The van der Waals surface area contributed by atoms with E-state index in [9.17, 15) is 10.1 Å². The molecule has 0 amide bonds. The number of carbonyl (C=O) groups is 1. The lowest BCUT2D eigenvalue weighted by molar-refractivity contribution is 0.103. The number of nitrogens with two attached hydrogens (primary N) is 1. The summed E-state index contributed by atoms with van der Waals surface area (Å²) in [5.41, 5.74) is 7.99. The van der Waals surface area contributed by atoms with Crippen LogP contribution in [0.15, 0.2) is 48.7 Å². The molecule has 2 N–H and O–H groups in total. The molecule has 0 radical (unpaired) electrons. The van der Waals surface area contributed by atoms with Crippen LogP contribution >= 0.6 is 0 Å². The van der Waals surface area contributed by atoms with E-state index in [0.29, 0.717) is 11.3 Å². The molecule has 1 aromatic carbocycles. The highest BCUT2D eigenvalue weighted by Crippen LogP contribution is 2.25. The number of nitrogens with zero attached hydrogens (tertiary/aromatic N) is 2. The molecule has 0 saturated heterocycles. The SMILES string of the molecule is COc1cccc(C(=O)c2c(N)c(C#N)cc3cccn23)c1. The molecule has 5 nitrogen and oxygen atoms in total. The first kappa shape index (κ1) is 13.7. The number of pyridine rings is 1. The van der Waals surface area contributed by atoms with E-state index in [-0.39, 0.29) is 22.7 Å². The lowest BCUT2D eigenvalue weighted by Gasteiger charge is -2.11. The summed E-state index contributed by atoms with van der Waals surface area (Å²) in [6.07, 6.45) is 1.75. The molecule has 0 atom stereocenters. The summed E-state index contributed by atoms with van der Waals surface area (Å²) >= 11 is 0. The first-order valence-corrected chi connectivity index (χ1v) is 6.64. The van der Waals surface area contributed by atoms with E-state index < -0.39 is 0 Å². The van der Waals surface area contributed by atoms with E-state index >= 15 is 0 Å². The summed E-state index contributed by atoms with van der Waals surface area (Å²) in [7, 11) is 1.54. The number of hydrogen-bond donors (Lipinski definition) is 1. The highest BCUT2D eigenvalue weighted by Gasteiger charge is 2.19. The summed E-state index contributed by atoms with van der Waals surface area (Å²) in [6.45, 7) is 0. The lowest BCUT2D eigenvalue weighted by atomic mass is 10.0. The van der Waals surface area contributed by atoms with Gasteiger partial charge in [-0.1, -0.05) is 12.1 Å². The largest absolute Gasteiger partial charge is 0.497 e. The van der Waals surface area contributed by atoms with Crippen molar-refractivity contribution < 1.29 is 9.53 Å². The predicted octanol–water partition coefficient (Wildman–Crippen LogP) is 2.63. The molecule has 0 aliphatic carbocycles. The van der Waals surface area contributed by atoms with E-state index in [4.69, 9.17) is 10.5 Å². The van der Waals surface area contributed by atoms with Crippen LogP contribution in [-0.4, -0.2) is 17.3 Å². The Labute approximate surface area is 127 Å². The lowest BCUT2D eigenvalue weighted by Crippen LogP contribution is -2.12. The molecule has 2 aromatic heterocycles. The molecule has 0 bridgehead atoms. The van der Waals surface area contributed by atoms with Gasteiger partial charge in [0.15, 0.2) is 0 Å². The molecule has 3 rings (SSSR count). The maximum Gasteiger partial charge on any atom is 0.212 e. The average Bonchev–Trinajstić information content (AvgIpc) is 3.01. The molecule has 0 fully saturated rings. The maximum absolute atomic E-state index is 12.8. The van der Waals surface area contributed by atoms with Gasteiger partial charge in [0, 0.05) is 17.3 Å². The Kier molecular flexibility index (Phi) is 3.28. The Balaban J connectivity index is 2.24. The number of nitrogen functional groups attached to an aromatic ring is 1. The number of nitriles is 1. The third-order valence-electron chi connectivity index (χ3n) is 3.53. The Bertz CT molecular complexity index is 919. The van der Waals surface area contributed by atoms with E-state index in [2.05, 4.69) is 0 Å². The van der Waals surface area contributed by atoms with Gasteiger partial charge < -0.3 is 14.9 Å². The van der Waals surface area contributed by atoms with E-state index in [1.165, 1.54) is 0 Å². The highest BCUT2D eigenvalue weighted by atomic mass is 16.5. The quantitative estimate of drug-likeness (QED) is 0.752. The molecule has 0 spiro atoms.